The van der Waals surface area contributed by atoms with Crippen LogP contribution in [0.5, 0.6) is 5.75 Å². The first kappa shape index (κ1) is 13.6. The molecule has 6 heteroatoms. The highest BCUT2D eigenvalue weighted by atomic mass is 19.4. The molecule has 0 saturated carbocycles. The molecule has 2 N–H and O–H groups in total. The molecule has 0 spiro atoms. The maximum atomic E-state index is 12.4. The van der Waals surface area contributed by atoms with Crippen molar-refractivity contribution >= 4 is 5.69 Å². The van der Waals surface area contributed by atoms with Crippen molar-refractivity contribution in [3.8, 4) is 5.75 Å². The summed E-state index contributed by atoms with van der Waals surface area (Å²) in [7, 11) is 1.54. The van der Waals surface area contributed by atoms with Crippen molar-refractivity contribution in [1.29, 1.82) is 0 Å². The summed E-state index contributed by atoms with van der Waals surface area (Å²) in [5.41, 5.74) is 4.94. The molecule has 3 nitrogen and oxygen atoms in total. The second-order valence-corrected chi connectivity index (χ2v) is 3.45. The Balaban J connectivity index is 2.70. The lowest BCUT2D eigenvalue weighted by Gasteiger charge is -2.12. The molecule has 0 aliphatic carbocycles. The first-order chi connectivity index (χ1) is 7.95. The second kappa shape index (κ2) is 5.77. The first-order valence-electron chi connectivity index (χ1n) is 5.03. The van der Waals surface area contributed by atoms with E-state index in [-0.39, 0.29) is 18.0 Å². The number of anilines is 1. The van der Waals surface area contributed by atoms with E-state index < -0.39 is 11.7 Å². The van der Waals surface area contributed by atoms with E-state index in [0.29, 0.717) is 13.0 Å². The molecular weight excluding hydrogens is 235 g/mol. The summed E-state index contributed by atoms with van der Waals surface area (Å²) in [6.45, 7) is 0.748. The summed E-state index contributed by atoms with van der Waals surface area (Å²) >= 11 is 0. The molecule has 1 aromatic rings. The van der Waals surface area contributed by atoms with E-state index in [4.69, 9.17) is 15.2 Å². The molecule has 0 atom stereocenters. The van der Waals surface area contributed by atoms with Gasteiger partial charge in [-0.05, 0) is 18.2 Å². The lowest BCUT2D eigenvalue weighted by molar-refractivity contribution is -0.137. The van der Waals surface area contributed by atoms with Crippen molar-refractivity contribution in [2.45, 2.75) is 12.6 Å². The normalized spacial score (nSPS) is 11.5. The number of nitrogen functional groups attached to an aromatic ring is 1. The van der Waals surface area contributed by atoms with Crippen LogP contribution in [0.4, 0.5) is 18.9 Å². The van der Waals surface area contributed by atoms with Crippen molar-refractivity contribution in [2.24, 2.45) is 0 Å². The number of hydrogen-bond donors (Lipinski definition) is 1. The zero-order valence-corrected chi connectivity index (χ0v) is 9.38. The summed E-state index contributed by atoms with van der Waals surface area (Å²) in [6.07, 6.45) is -3.80. The largest absolute Gasteiger partial charge is 0.491 e. The molecule has 0 amide bonds. The molecule has 1 aromatic carbocycles. The molecule has 17 heavy (non-hydrogen) atoms. The Morgan fingerprint density at radius 2 is 1.94 bits per heavy atom. The van der Waals surface area contributed by atoms with Crippen LogP contribution in [0.1, 0.15) is 12.0 Å². The molecule has 96 valence electrons. The Bertz CT molecular complexity index is 366. The van der Waals surface area contributed by atoms with Gasteiger partial charge in [0, 0.05) is 20.1 Å². The van der Waals surface area contributed by atoms with Gasteiger partial charge in [-0.15, -0.1) is 0 Å². The lowest BCUT2D eigenvalue weighted by Crippen LogP contribution is -2.08. The number of nitrogens with two attached hydrogens (primary N) is 1. The fourth-order valence-corrected chi connectivity index (χ4v) is 1.22. The van der Waals surface area contributed by atoms with Crippen LogP contribution in [0.25, 0.3) is 0 Å². The van der Waals surface area contributed by atoms with Gasteiger partial charge in [0.05, 0.1) is 17.9 Å². The number of benzene rings is 1. The van der Waals surface area contributed by atoms with Crippen molar-refractivity contribution in [2.75, 3.05) is 26.1 Å². The van der Waals surface area contributed by atoms with Crippen LogP contribution in [0.3, 0.4) is 0 Å². The van der Waals surface area contributed by atoms with Gasteiger partial charge in [0.2, 0.25) is 0 Å². The number of methoxy groups -OCH3 is 1. The van der Waals surface area contributed by atoms with Crippen LogP contribution in [0, 0.1) is 0 Å². The minimum Gasteiger partial charge on any atom is -0.491 e. The molecule has 0 heterocycles. The lowest BCUT2D eigenvalue weighted by atomic mass is 10.2. The van der Waals surface area contributed by atoms with Gasteiger partial charge in [0.25, 0.3) is 0 Å². The van der Waals surface area contributed by atoms with E-state index in [1.54, 1.807) is 7.11 Å². The Hall–Kier alpha value is -1.43. The standard InChI is InChI=1S/C11H14F3NO2/c1-16-5-2-6-17-10-7-8(11(12,13)14)3-4-9(10)15/h3-4,7H,2,5-6,15H2,1H3. The summed E-state index contributed by atoms with van der Waals surface area (Å²) < 4.78 is 47.2. The van der Waals surface area contributed by atoms with E-state index in [1.807, 2.05) is 0 Å². The SMILES string of the molecule is COCCCOc1cc(C(F)(F)F)ccc1N. The summed E-state index contributed by atoms with van der Waals surface area (Å²) in [4.78, 5) is 0. The van der Waals surface area contributed by atoms with E-state index >= 15 is 0 Å². The minimum absolute atomic E-state index is 0.0518. The van der Waals surface area contributed by atoms with Crippen LogP contribution in [0.2, 0.25) is 0 Å². The number of alkyl halides is 3. The van der Waals surface area contributed by atoms with Crippen molar-refractivity contribution < 1.29 is 22.6 Å². The Morgan fingerprint density at radius 1 is 1.24 bits per heavy atom. The second-order valence-electron chi connectivity index (χ2n) is 3.45. The third-order valence-corrected chi connectivity index (χ3v) is 2.09. The summed E-state index contributed by atoms with van der Waals surface area (Å²) in [5.74, 6) is 0.0518. The third-order valence-electron chi connectivity index (χ3n) is 2.09. The van der Waals surface area contributed by atoms with Crippen molar-refractivity contribution in [3.63, 3.8) is 0 Å². The van der Waals surface area contributed by atoms with Gasteiger partial charge in [-0.1, -0.05) is 0 Å². The van der Waals surface area contributed by atoms with Gasteiger partial charge in [-0.2, -0.15) is 13.2 Å². The molecule has 0 aromatic heterocycles. The first-order valence-corrected chi connectivity index (χ1v) is 5.03. The van der Waals surface area contributed by atoms with E-state index in [0.717, 1.165) is 12.1 Å². The van der Waals surface area contributed by atoms with Crippen molar-refractivity contribution in [1.82, 2.24) is 0 Å². The third kappa shape index (κ3) is 4.14. The number of rotatable bonds is 5. The fourth-order valence-electron chi connectivity index (χ4n) is 1.22. The predicted octanol–water partition coefficient (Wildman–Crippen LogP) is 2.70. The topological polar surface area (TPSA) is 44.5 Å². The maximum Gasteiger partial charge on any atom is 0.416 e. The average Bonchev–Trinajstić information content (AvgIpc) is 2.25. The molecule has 0 bridgehead atoms. The van der Waals surface area contributed by atoms with Gasteiger partial charge in [-0.25, -0.2) is 0 Å². The average molecular weight is 249 g/mol. The number of hydrogen-bond acceptors (Lipinski definition) is 3. The highest BCUT2D eigenvalue weighted by Gasteiger charge is 2.31. The van der Waals surface area contributed by atoms with Gasteiger partial charge in [0.1, 0.15) is 5.75 Å². The number of halogens is 3. The molecule has 0 aliphatic rings. The van der Waals surface area contributed by atoms with Crippen LogP contribution >= 0.6 is 0 Å². The molecule has 0 saturated heterocycles. The van der Waals surface area contributed by atoms with E-state index in [9.17, 15) is 13.2 Å². The van der Waals surface area contributed by atoms with Gasteiger partial charge in [0.15, 0.2) is 0 Å². The Labute approximate surface area is 97.3 Å². The summed E-state index contributed by atoms with van der Waals surface area (Å²) in [5, 5.41) is 0. The zero-order valence-electron chi connectivity index (χ0n) is 9.38. The van der Waals surface area contributed by atoms with Crippen LogP contribution in [0.15, 0.2) is 18.2 Å². The molecule has 0 unspecified atom stereocenters. The quantitative estimate of drug-likeness (QED) is 0.644. The molecule has 0 aliphatic heterocycles. The van der Waals surface area contributed by atoms with Gasteiger partial charge >= 0.3 is 6.18 Å². The van der Waals surface area contributed by atoms with Gasteiger partial charge in [-0.3, -0.25) is 0 Å². The Morgan fingerprint density at radius 3 is 2.53 bits per heavy atom. The van der Waals surface area contributed by atoms with Gasteiger partial charge < -0.3 is 15.2 Å². The fraction of sp³-hybridized carbons (Fsp3) is 0.455. The van der Waals surface area contributed by atoms with Crippen LogP contribution in [-0.2, 0) is 10.9 Å². The molecular formula is C11H14F3NO2. The smallest absolute Gasteiger partial charge is 0.416 e. The van der Waals surface area contributed by atoms with Crippen LogP contribution < -0.4 is 10.5 Å². The molecule has 1 rings (SSSR count). The highest BCUT2D eigenvalue weighted by molar-refractivity contribution is 5.54. The molecule has 0 radical (unpaired) electrons. The zero-order chi connectivity index (χ0) is 12.9. The van der Waals surface area contributed by atoms with Crippen LogP contribution in [-0.4, -0.2) is 20.3 Å². The highest BCUT2D eigenvalue weighted by Crippen LogP contribution is 2.34. The maximum absolute atomic E-state index is 12.4. The van der Waals surface area contributed by atoms with E-state index in [1.165, 1.54) is 6.07 Å². The minimum atomic E-state index is -4.39. The predicted molar refractivity (Wildman–Crippen MR) is 57.8 cm³/mol. The number of ether oxygens (including phenoxy) is 2. The Kier molecular flexibility index (Phi) is 4.62. The molecule has 0 fully saturated rings. The monoisotopic (exact) mass is 249 g/mol. The summed E-state index contributed by atoms with van der Waals surface area (Å²) in [6, 6.07) is 3.02. The van der Waals surface area contributed by atoms with Crippen molar-refractivity contribution in [3.05, 3.63) is 23.8 Å². The van der Waals surface area contributed by atoms with E-state index in [2.05, 4.69) is 0 Å².